The van der Waals surface area contributed by atoms with E-state index in [-0.39, 0.29) is 26.1 Å². The number of nitrogens with zero attached hydrogens (tertiary/aromatic N) is 1. The summed E-state index contributed by atoms with van der Waals surface area (Å²) < 4.78 is 34.4. The molecule has 0 aromatic rings. The van der Waals surface area contributed by atoms with Crippen molar-refractivity contribution in [2.75, 3.05) is 47.5 Å². The van der Waals surface area contributed by atoms with E-state index in [1.54, 1.807) is 0 Å². The van der Waals surface area contributed by atoms with Crippen molar-refractivity contribution in [2.45, 2.75) is 251 Å². The lowest BCUT2D eigenvalue weighted by molar-refractivity contribution is -0.870. The summed E-state index contributed by atoms with van der Waals surface area (Å²) in [5, 5.41) is 0. The molecule has 9 nitrogen and oxygen atoms in total. The van der Waals surface area contributed by atoms with Gasteiger partial charge in [-0.3, -0.25) is 18.6 Å². The average Bonchev–Trinajstić information content (AvgIpc) is 3.25. The summed E-state index contributed by atoms with van der Waals surface area (Å²) >= 11 is 0. The summed E-state index contributed by atoms with van der Waals surface area (Å²) in [5.41, 5.74) is 0. The van der Waals surface area contributed by atoms with Gasteiger partial charge in [-0.05, 0) is 57.8 Å². The fraction of sp³-hybridized carbons (Fsp3) is 0.852. The molecule has 0 rings (SSSR count). The molecule has 0 saturated heterocycles. The van der Waals surface area contributed by atoms with Crippen LogP contribution in [0.1, 0.15) is 245 Å². The molecule has 376 valence electrons. The summed E-state index contributed by atoms with van der Waals surface area (Å²) in [7, 11) is 1.45. The second kappa shape index (κ2) is 46.3. The van der Waals surface area contributed by atoms with Gasteiger partial charge in [0.2, 0.25) is 0 Å². The molecule has 0 radical (unpaired) electrons. The van der Waals surface area contributed by atoms with Gasteiger partial charge in [0.05, 0.1) is 27.7 Å². The number of rotatable bonds is 49. The van der Waals surface area contributed by atoms with Gasteiger partial charge in [0, 0.05) is 12.8 Å². The Morgan fingerprint density at radius 1 is 0.484 bits per heavy atom. The molecule has 0 aliphatic heterocycles. The minimum atomic E-state index is -4.40. The number of hydrogen-bond acceptors (Lipinski definition) is 7. The maximum Gasteiger partial charge on any atom is 0.472 e. The van der Waals surface area contributed by atoms with E-state index >= 15 is 0 Å². The number of phosphoric acid groups is 1. The Balaban J connectivity index is 4.28. The van der Waals surface area contributed by atoms with Crippen LogP contribution in [0, 0.1) is 0 Å². The molecule has 64 heavy (non-hydrogen) atoms. The van der Waals surface area contributed by atoms with Crippen LogP contribution in [0.25, 0.3) is 0 Å². The van der Waals surface area contributed by atoms with Crippen LogP contribution in [-0.4, -0.2) is 74.9 Å². The quantitative estimate of drug-likeness (QED) is 0.0211. The molecule has 0 aliphatic rings. The minimum Gasteiger partial charge on any atom is -0.462 e. The third-order valence-corrected chi connectivity index (χ3v) is 12.6. The van der Waals surface area contributed by atoms with E-state index in [2.05, 4.69) is 50.3 Å². The largest absolute Gasteiger partial charge is 0.472 e. The molecule has 1 N–H and O–H groups in total. The molecule has 0 aromatic carbocycles. The Hall–Kier alpha value is -1.77. The highest BCUT2D eigenvalue weighted by Crippen LogP contribution is 2.43. The zero-order valence-corrected chi connectivity index (χ0v) is 43.4. The van der Waals surface area contributed by atoms with Crippen LogP contribution in [0.15, 0.2) is 36.5 Å². The van der Waals surface area contributed by atoms with Crippen LogP contribution < -0.4 is 0 Å². The van der Waals surface area contributed by atoms with E-state index in [9.17, 15) is 19.0 Å². The van der Waals surface area contributed by atoms with Crippen LogP contribution in [0.2, 0.25) is 0 Å². The van der Waals surface area contributed by atoms with Crippen molar-refractivity contribution in [1.82, 2.24) is 0 Å². The molecule has 0 spiro atoms. The number of carbonyl (C=O) groups is 2. The van der Waals surface area contributed by atoms with Gasteiger partial charge in [0.15, 0.2) is 6.10 Å². The first-order valence-corrected chi connectivity index (χ1v) is 28.2. The number of quaternary nitrogens is 1. The average molecular weight is 925 g/mol. The predicted octanol–water partition coefficient (Wildman–Crippen LogP) is 16.0. The zero-order chi connectivity index (χ0) is 47.1. The third kappa shape index (κ3) is 49.7. The molecule has 0 amide bonds. The SMILES string of the molecule is CCCCCCCCCCC/C=C/C/C=C/CCCC(=O)OC[C@H](COP(=O)(O)OCC[N+](C)(C)C)OC(=O)CCC/C=C/CCCCCCCCCCCCCCCCCCCC. The molecule has 0 heterocycles. The molecule has 0 aromatic heterocycles. The maximum absolute atomic E-state index is 12.7. The molecule has 2 atom stereocenters. The van der Waals surface area contributed by atoms with Gasteiger partial charge in [-0.15, -0.1) is 0 Å². The standard InChI is InChI=1S/C54H102NO8P/c1-6-8-10-12-14-16-18-20-22-24-25-26-27-28-29-31-33-35-37-39-41-43-45-47-54(57)63-52(51-62-64(58,59)61-49-48-55(3,4)5)50-60-53(56)46-44-42-40-38-36-34-32-30-23-21-19-17-15-13-11-9-7-2/h32,34,38-41,52H,6-31,33,35-37,42-51H2,1-5H3/p+1/b34-32+,40-38+,41-39+/t52-/m1/s1. The van der Waals surface area contributed by atoms with Crippen molar-refractivity contribution in [3.8, 4) is 0 Å². The van der Waals surface area contributed by atoms with Gasteiger partial charge in [0.25, 0.3) is 0 Å². The number of ether oxygens (including phenoxy) is 2. The van der Waals surface area contributed by atoms with E-state index < -0.39 is 32.5 Å². The summed E-state index contributed by atoms with van der Waals surface area (Å²) in [4.78, 5) is 35.5. The number of unbranched alkanes of at least 4 members (excludes halogenated alkanes) is 29. The molecule has 10 heteroatoms. The van der Waals surface area contributed by atoms with Crippen LogP contribution in [0.5, 0.6) is 0 Å². The van der Waals surface area contributed by atoms with Crippen molar-refractivity contribution < 1.29 is 42.1 Å². The van der Waals surface area contributed by atoms with Gasteiger partial charge in [0.1, 0.15) is 19.8 Å². The molecule has 0 saturated carbocycles. The summed E-state index contributed by atoms with van der Waals surface area (Å²) in [6.07, 6.45) is 55.1. The lowest BCUT2D eigenvalue weighted by Gasteiger charge is -2.24. The third-order valence-electron chi connectivity index (χ3n) is 11.6. The second-order valence-corrected chi connectivity index (χ2v) is 20.7. The predicted molar refractivity (Wildman–Crippen MR) is 270 cm³/mol. The Bertz CT molecular complexity index is 1180. The Labute approximate surface area is 395 Å². The van der Waals surface area contributed by atoms with Crippen molar-refractivity contribution in [1.29, 1.82) is 0 Å². The molecule has 0 bridgehead atoms. The smallest absolute Gasteiger partial charge is 0.462 e. The number of likely N-dealkylation sites (N-methyl/N-ethyl adjacent to an activating group) is 1. The van der Waals surface area contributed by atoms with Gasteiger partial charge < -0.3 is 18.9 Å². The molecule has 0 fully saturated rings. The molecule has 0 aliphatic carbocycles. The van der Waals surface area contributed by atoms with Crippen molar-refractivity contribution in [3.63, 3.8) is 0 Å². The Kier molecular flexibility index (Phi) is 45.1. The highest BCUT2D eigenvalue weighted by Gasteiger charge is 2.27. The monoisotopic (exact) mass is 925 g/mol. The highest BCUT2D eigenvalue weighted by molar-refractivity contribution is 7.47. The number of esters is 2. The normalized spacial score (nSPS) is 13.7. The fourth-order valence-electron chi connectivity index (χ4n) is 7.47. The van der Waals surface area contributed by atoms with E-state index in [1.165, 1.54) is 173 Å². The Morgan fingerprint density at radius 3 is 1.25 bits per heavy atom. The van der Waals surface area contributed by atoms with E-state index in [4.69, 9.17) is 18.5 Å². The summed E-state index contributed by atoms with van der Waals surface area (Å²) in [5.74, 6) is -0.880. The lowest BCUT2D eigenvalue weighted by Crippen LogP contribution is -2.37. The fourth-order valence-corrected chi connectivity index (χ4v) is 8.21. The first kappa shape index (κ1) is 62.2. The van der Waals surface area contributed by atoms with Crippen molar-refractivity contribution in [3.05, 3.63) is 36.5 Å². The molecular formula is C54H103NO8P+. The van der Waals surface area contributed by atoms with E-state index in [1.807, 2.05) is 21.1 Å². The number of carbonyl (C=O) groups excluding carboxylic acids is 2. The van der Waals surface area contributed by atoms with Crippen molar-refractivity contribution in [2.24, 2.45) is 0 Å². The lowest BCUT2D eigenvalue weighted by atomic mass is 10.0. The molecule has 1 unspecified atom stereocenters. The zero-order valence-electron chi connectivity index (χ0n) is 42.5. The Morgan fingerprint density at radius 2 is 0.844 bits per heavy atom. The van der Waals surface area contributed by atoms with Crippen LogP contribution in [-0.2, 0) is 32.7 Å². The number of phosphoric ester groups is 1. The number of hydrogen-bond donors (Lipinski definition) is 1. The molecular weight excluding hydrogens is 822 g/mol. The number of allylic oxidation sites excluding steroid dienone is 6. The topological polar surface area (TPSA) is 108 Å². The van der Waals surface area contributed by atoms with Gasteiger partial charge in [-0.2, -0.15) is 0 Å². The second-order valence-electron chi connectivity index (χ2n) is 19.3. The summed E-state index contributed by atoms with van der Waals surface area (Å²) in [6, 6.07) is 0. The van der Waals surface area contributed by atoms with E-state index in [0.717, 1.165) is 32.1 Å². The van der Waals surface area contributed by atoms with Crippen LogP contribution >= 0.6 is 7.82 Å². The maximum atomic E-state index is 12.7. The first-order valence-electron chi connectivity index (χ1n) is 26.7. The van der Waals surface area contributed by atoms with Gasteiger partial charge in [-0.1, -0.05) is 211 Å². The highest BCUT2D eigenvalue weighted by atomic mass is 31.2. The van der Waals surface area contributed by atoms with E-state index in [0.29, 0.717) is 23.9 Å². The minimum absolute atomic E-state index is 0.0217. The first-order chi connectivity index (χ1) is 31.0. The van der Waals surface area contributed by atoms with Crippen molar-refractivity contribution >= 4 is 19.8 Å². The summed E-state index contributed by atoms with van der Waals surface area (Å²) in [6.45, 7) is 4.38. The van der Waals surface area contributed by atoms with Gasteiger partial charge >= 0.3 is 19.8 Å². The van der Waals surface area contributed by atoms with Crippen LogP contribution in [0.3, 0.4) is 0 Å². The van der Waals surface area contributed by atoms with Gasteiger partial charge in [-0.25, -0.2) is 4.57 Å². The van der Waals surface area contributed by atoms with Crippen LogP contribution in [0.4, 0.5) is 0 Å².